The van der Waals surface area contributed by atoms with Crippen molar-refractivity contribution in [1.82, 2.24) is 15.1 Å². The van der Waals surface area contributed by atoms with Crippen LogP contribution in [0.5, 0.6) is 0 Å². The molecule has 1 atom stereocenters. The lowest BCUT2D eigenvalue weighted by molar-refractivity contribution is 0.459. The molecule has 0 saturated heterocycles. The van der Waals surface area contributed by atoms with Gasteiger partial charge in [0.15, 0.2) is 5.58 Å². The highest BCUT2D eigenvalue weighted by Crippen LogP contribution is 2.32. The highest BCUT2D eigenvalue weighted by Gasteiger charge is 2.20. The van der Waals surface area contributed by atoms with Crippen molar-refractivity contribution in [3.63, 3.8) is 0 Å². The maximum absolute atomic E-state index is 13.9. The smallest absolute Gasteiger partial charge is 0.167 e. The third-order valence-electron chi connectivity index (χ3n) is 4.07. The number of pyridine rings is 2. The van der Waals surface area contributed by atoms with Crippen LogP contribution in [0.2, 0.25) is 0 Å². The van der Waals surface area contributed by atoms with E-state index in [1.165, 1.54) is 6.07 Å². The average Bonchev–Trinajstić information content (AvgIpc) is 3.07. The number of aromatic nitrogens is 3. The summed E-state index contributed by atoms with van der Waals surface area (Å²) in [7, 11) is 0. The molecular weight excluding hydrogens is 319 g/mol. The fourth-order valence-electron chi connectivity index (χ4n) is 2.87. The number of rotatable bonds is 4. The molecule has 0 aliphatic rings. The lowest BCUT2D eigenvalue weighted by atomic mass is 9.99. The molecule has 124 valence electrons. The van der Waals surface area contributed by atoms with Crippen molar-refractivity contribution in [2.45, 2.75) is 12.5 Å². The number of nitrogens with zero attached hydrogens (tertiary/aromatic N) is 3. The molecule has 2 N–H and O–H groups in total. The van der Waals surface area contributed by atoms with Crippen LogP contribution in [-0.4, -0.2) is 15.1 Å². The van der Waals surface area contributed by atoms with Crippen LogP contribution in [0.25, 0.3) is 22.2 Å². The Hall–Kier alpha value is -3.12. The van der Waals surface area contributed by atoms with E-state index in [0.29, 0.717) is 22.7 Å². The second kappa shape index (κ2) is 6.41. The zero-order valence-electron chi connectivity index (χ0n) is 13.3. The number of para-hydroxylation sites is 1. The summed E-state index contributed by atoms with van der Waals surface area (Å²) in [6, 6.07) is 13.7. The number of halogens is 1. The predicted octanol–water partition coefficient (Wildman–Crippen LogP) is 3.67. The number of hydrogen-bond donors (Lipinski definition) is 1. The number of fused-ring (bicyclic) bond motifs is 1. The molecule has 25 heavy (non-hydrogen) atoms. The van der Waals surface area contributed by atoms with Crippen LogP contribution in [0.3, 0.4) is 0 Å². The van der Waals surface area contributed by atoms with Crippen LogP contribution in [0.15, 0.2) is 65.4 Å². The van der Waals surface area contributed by atoms with Crippen molar-refractivity contribution in [3.8, 4) is 11.3 Å². The Morgan fingerprint density at radius 2 is 1.80 bits per heavy atom. The Labute approximate surface area is 143 Å². The fraction of sp³-hybridized carbons (Fsp3) is 0.105. The van der Waals surface area contributed by atoms with Crippen molar-refractivity contribution in [1.29, 1.82) is 0 Å². The molecule has 4 rings (SSSR count). The van der Waals surface area contributed by atoms with Crippen LogP contribution in [0, 0.1) is 5.82 Å². The molecule has 4 aromatic rings. The van der Waals surface area contributed by atoms with Gasteiger partial charge in [-0.15, -0.1) is 0 Å². The van der Waals surface area contributed by atoms with E-state index >= 15 is 0 Å². The van der Waals surface area contributed by atoms with Crippen LogP contribution in [-0.2, 0) is 6.42 Å². The highest BCUT2D eigenvalue weighted by molar-refractivity contribution is 5.92. The van der Waals surface area contributed by atoms with Gasteiger partial charge < -0.3 is 10.3 Å². The van der Waals surface area contributed by atoms with E-state index in [2.05, 4.69) is 15.1 Å². The SMILES string of the molecule is NC(Cc1ncccc1F)c1ncccc1-c1noc2ccccc12. The largest absolute Gasteiger partial charge is 0.356 e. The molecule has 6 heteroatoms. The van der Waals surface area contributed by atoms with E-state index in [4.69, 9.17) is 10.3 Å². The van der Waals surface area contributed by atoms with E-state index in [0.717, 1.165) is 10.9 Å². The topological polar surface area (TPSA) is 77.8 Å². The number of benzene rings is 1. The molecule has 5 nitrogen and oxygen atoms in total. The molecule has 0 spiro atoms. The average molecular weight is 334 g/mol. The van der Waals surface area contributed by atoms with E-state index < -0.39 is 6.04 Å². The van der Waals surface area contributed by atoms with Crippen molar-refractivity contribution < 1.29 is 8.91 Å². The van der Waals surface area contributed by atoms with Crippen molar-refractivity contribution in [2.24, 2.45) is 5.73 Å². The lowest BCUT2D eigenvalue weighted by Gasteiger charge is -2.14. The van der Waals surface area contributed by atoms with Crippen LogP contribution in [0.1, 0.15) is 17.4 Å². The summed E-state index contributed by atoms with van der Waals surface area (Å²) in [5, 5.41) is 5.06. The summed E-state index contributed by atoms with van der Waals surface area (Å²) >= 11 is 0. The second-order valence-corrected chi connectivity index (χ2v) is 5.71. The fourth-order valence-corrected chi connectivity index (χ4v) is 2.87. The lowest BCUT2D eigenvalue weighted by Crippen LogP contribution is -2.17. The minimum atomic E-state index is -0.518. The zero-order valence-corrected chi connectivity index (χ0v) is 13.3. The summed E-state index contributed by atoms with van der Waals surface area (Å²) in [6.07, 6.45) is 3.46. The third kappa shape index (κ3) is 2.88. The summed E-state index contributed by atoms with van der Waals surface area (Å²) in [5.41, 5.74) is 9.41. The van der Waals surface area contributed by atoms with Gasteiger partial charge in [-0.3, -0.25) is 9.97 Å². The number of nitrogens with two attached hydrogens (primary N) is 1. The normalized spacial score (nSPS) is 12.4. The first-order valence-corrected chi connectivity index (χ1v) is 7.88. The third-order valence-corrected chi connectivity index (χ3v) is 4.07. The summed E-state index contributed by atoms with van der Waals surface area (Å²) in [6.45, 7) is 0. The minimum Gasteiger partial charge on any atom is -0.356 e. The molecule has 0 aliphatic carbocycles. The monoisotopic (exact) mass is 334 g/mol. The highest BCUT2D eigenvalue weighted by atomic mass is 19.1. The maximum Gasteiger partial charge on any atom is 0.167 e. The Kier molecular flexibility index (Phi) is 3.95. The Morgan fingerprint density at radius 1 is 1.00 bits per heavy atom. The predicted molar refractivity (Wildman–Crippen MR) is 92.1 cm³/mol. The number of hydrogen-bond acceptors (Lipinski definition) is 5. The van der Waals surface area contributed by atoms with Gasteiger partial charge in [-0.2, -0.15) is 0 Å². The van der Waals surface area contributed by atoms with E-state index in [-0.39, 0.29) is 12.2 Å². The summed E-state index contributed by atoms with van der Waals surface area (Å²) in [5.74, 6) is -0.373. The molecule has 0 bridgehead atoms. The Bertz CT molecular complexity index is 1030. The molecule has 3 heterocycles. The van der Waals surface area contributed by atoms with Gasteiger partial charge >= 0.3 is 0 Å². The van der Waals surface area contributed by atoms with E-state index in [1.807, 2.05) is 36.4 Å². The van der Waals surface area contributed by atoms with Crippen LogP contribution < -0.4 is 5.73 Å². The maximum atomic E-state index is 13.9. The van der Waals surface area contributed by atoms with Crippen molar-refractivity contribution in [2.75, 3.05) is 0 Å². The second-order valence-electron chi connectivity index (χ2n) is 5.71. The molecule has 3 aromatic heterocycles. The molecule has 1 aromatic carbocycles. The first kappa shape index (κ1) is 15.4. The van der Waals surface area contributed by atoms with Gasteiger partial charge in [0.25, 0.3) is 0 Å². The Morgan fingerprint density at radius 3 is 2.68 bits per heavy atom. The molecule has 0 radical (unpaired) electrons. The van der Waals surface area contributed by atoms with Gasteiger partial charge in [0, 0.05) is 29.8 Å². The van der Waals surface area contributed by atoms with E-state index in [9.17, 15) is 4.39 Å². The first-order valence-electron chi connectivity index (χ1n) is 7.88. The summed E-state index contributed by atoms with van der Waals surface area (Å²) < 4.78 is 19.3. The molecule has 0 fully saturated rings. The van der Waals surface area contributed by atoms with Gasteiger partial charge in [-0.05, 0) is 36.4 Å². The Balaban J connectivity index is 1.75. The zero-order chi connectivity index (χ0) is 17.2. The van der Waals surface area contributed by atoms with Crippen LogP contribution in [0.4, 0.5) is 4.39 Å². The molecule has 0 amide bonds. The quantitative estimate of drug-likeness (QED) is 0.616. The molecule has 1 unspecified atom stereocenters. The van der Waals surface area contributed by atoms with Gasteiger partial charge in [0.05, 0.1) is 17.4 Å². The molecule has 0 saturated carbocycles. The van der Waals surface area contributed by atoms with Crippen LogP contribution >= 0.6 is 0 Å². The van der Waals surface area contributed by atoms with Gasteiger partial charge in [-0.1, -0.05) is 17.3 Å². The van der Waals surface area contributed by atoms with E-state index in [1.54, 1.807) is 18.5 Å². The molecule has 0 aliphatic heterocycles. The van der Waals surface area contributed by atoms with Crippen molar-refractivity contribution in [3.05, 3.63) is 78.1 Å². The van der Waals surface area contributed by atoms with Crippen molar-refractivity contribution >= 4 is 11.0 Å². The summed E-state index contributed by atoms with van der Waals surface area (Å²) in [4.78, 5) is 8.48. The standard InChI is InChI=1S/C19H15FN4O/c20-14-7-4-9-22-16(14)11-15(21)19-13(6-3-10-23-19)18-12-5-1-2-8-17(12)25-24-18/h1-10,15H,11,21H2. The minimum absolute atomic E-state index is 0.243. The first-order chi connectivity index (χ1) is 12.2. The van der Waals surface area contributed by atoms with Gasteiger partial charge in [-0.25, -0.2) is 4.39 Å². The molecular formula is C19H15FN4O. The van der Waals surface area contributed by atoms with Gasteiger partial charge in [0.2, 0.25) is 0 Å². The van der Waals surface area contributed by atoms with Gasteiger partial charge in [0.1, 0.15) is 11.5 Å².